The van der Waals surface area contributed by atoms with Crippen LogP contribution in [0.2, 0.25) is 0 Å². The van der Waals surface area contributed by atoms with Crippen molar-refractivity contribution in [3.63, 3.8) is 0 Å². The van der Waals surface area contributed by atoms with Crippen molar-refractivity contribution in [1.82, 2.24) is 20.4 Å². The quantitative estimate of drug-likeness (QED) is 0.565. The highest BCUT2D eigenvalue weighted by atomic mass is 16.6. The Kier molecular flexibility index (Phi) is 8.20. The van der Waals surface area contributed by atoms with Crippen LogP contribution in [0.3, 0.4) is 0 Å². The number of hydrogen-bond acceptors (Lipinski definition) is 4. The fourth-order valence-corrected chi connectivity index (χ4v) is 3.94. The molecule has 0 aromatic carbocycles. The summed E-state index contributed by atoms with van der Waals surface area (Å²) in [5.41, 5.74) is -0.444. The first-order valence-corrected chi connectivity index (χ1v) is 10.5. The van der Waals surface area contributed by atoms with Gasteiger partial charge in [0.1, 0.15) is 5.60 Å². The van der Waals surface area contributed by atoms with Crippen LogP contribution < -0.4 is 10.6 Å². The van der Waals surface area contributed by atoms with E-state index in [0.29, 0.717) is 12.0 Å². The molecule has 2 aliphatic heterocycles. The van der Waals surface area contributed by atoms with Gasteiger partial charge in [0.15, 0.2) is 5.96 Å². The van der Waals surface area contributed by atoms with Crippen LogP contribution in [0.15, 0.2) is 4.99 Å². The summed E-state index contributed by atoms with van der Waals surface area (Å²) in [6.07, 6.45) is 4.48. The van der Waals surface area contributed by atoms with Gasteiger partial charge in [0.05, 0.1) is 0 Å². The third-order valence-corrected chi connectivity index (χ3v) is 5.36. The number of rotatable bonds is 5. The first kappa shape index (κ1) is 21.8. The van der Waals surface area contributed by atoms with Gasteiger partial charge in [-0.15, -0.1) is 0 Å². The van der Waals surface area contributed by atoms with E-state index in [2.05, 4.69) is 27.4 Å². The lowest BCUT2D eigenvalue weighted by molar-refractivity contribution is 0.0168. The minimum atomic E-state index is -0.444. The molecule has 1 amide bonds. The van der Waals surface area contributed by atoms with Crippen molar-refractivity contribution in [1.29, 1.82) is 0 Å². The number of ether oxygens (including phenoxy) is 1. The summed E-state index contributed by atoms with van der Waals surface area (Å²) in [5.74, 6) is 1.27. The van der Waals surface area contributed by atoms with Crippen molar-refractivity contribution in [2.45, 2.75) is 65.0 Å². The van der Waals surface area contributed by atoms with Gasteiger partial charge in [-0.3, -0.25) is 9.89 Å². The largest absolute Gasteiger partial charge is 0.444 e. The number of aliphatic imine (C=N–C) groups is 1. The lowest BCUT2D eigenvalue weighted by Crippen LogP contribution is -2.48. The molecule has 2 N–H and O–H groups in total. The molecule has 0 aromatic rings. The highest BCUT2D eigenvalue weighted by Gasteiger charge is 2.28. The Morgan fingerprint density at radius 3 is 2.52 bits per heavy atom. The zero-order valence-electron chi connectivity index (χ0n) is 17.9. The van der Waals surface area contributed by atoms with Gasteiger partial charge < -0.3 is 20.3 Å². The summed E-state index contributed by atoms with van der Waals surface area (Å²) in [6, 6.07) is 0.603. The van der Waals surface area contributed by atoms with Gasteiger partial charge in [0.25, 0.3) is 0 Å². The number of piperidine rings is 1. The van der Waals surface area contributed by atoms with E-state index >= 15 is 0 Å². The maximum Gasteiger partial charge on any atom is 0.410 e. The van der Waals surface area contributed by atoms with Crippen molar-refractivity contribution in [2.24, 2.45) is 10.9 Å². The second-order valence-corrected chi connectivity index (χ2v) is 8.69. The van der Waals surface area contributed by atoms with Crippen molar-refractivity contribution >= 4 is 12.1 Å². The van der Waals surface area contributed by atoms with Crippen LogP contribution in [0.1, 0.15) is 53.4 Å². The molecule has 0 saturated carbocycles. The monoisotopic (exact) mass is 381 g/mol. The summed E-state index contributed by atoms with van der Waals surface area (Å²) in [5, 5.41) is 6.92. The number of likely N-dealkylation sites (N-methyl/N-ethyl adjacent to an activating group) is 1. The number of carbonyl (C=O) groups is 1. The first-order valence-electron chi connectivity index (χ1n) is 10.5. The number of likely N-dealkylation sites (tertiary alicyclic amines) is 2. The van der Waals surface area contributed by atoms with E-state index in [1.54, 1.807) is 0 Å². The molecule has 0 spiro atoms. The highest BCUT2D eigenvalue weighted by molar-refractivity contribution is 5.79. The zero-order valence-corrected chi connectivity index (χ0v) is 17.9. The molecule has 156 valence electrons. The lowest BCUT2D eigenvalue weighted by atomic mass is 9.98. The average Bonchev–Trinajstić information content (AvgIpc) is 3.08. The predicted octanol–water partition coefficient (Wildman–Crippen LogP) is 2.28. The Hall–Kier alpha value is -1.50. The molecule has 2 aliphatic rings. The van der Waals surface area contributed by atoms with Crippen LogP contribution in [0.4, 0.5) is 4.79 Å². The highest BCUT2D eigenvalue weighted by Crippen LogP contribution is 2.19. The molecule has 7 nitrogen and oxygen atoms in total. The third-order valence-electron chi connectivity index (χ3n) is 5.36. The molecular formula is C20H39N5O2. The van der Waals surface area contributed by atoms with Gasteiger partial charge in [-0.05, 0) is 65.5 Å². The van der Waals surface area contributed by atoms with E-state index in [-0.39, 0.29) is 6.09 Å². The molecule has 0 radical (unpaired) electrons. The maximum absolute atomic E-state index is 12.3. The topological polar surface area (TPSA) is 69.2 Å². The van der Waals surface area contributed by atoms with Gasteiger partial charge in [-0.25, -0.2) is 4.79 Å². The van der Waals surface area contributed by atoms with Crippen molar-refractivity contribution in [2.75, 3.05) is 46.3 Å². The summed E-state index contributed by atoms with van der Waals surface area (Å²) in [7, 11) is 1.81. The standard InChI is InChI=1S/C20H39N5O2/c1-6-24-11-8-10-17(24)14-23-18(21-5)22-13-16-9-7-12-25(15-16)19(26)27-20(2,3)4/h16-17H,6-15H2,1-5H3,(H2,21,22,23). The molecular weight excluding hydrogens is 342 g/mol. The van der Waals surface area contributed by atoms with Crippen LogP contribution in [0.25, 0.3) is 0 Å². The SMILES string of the molecule is CCN1CCCC1CNC(=NC)NCC1CCCN(C(=O)OC(C)(C)C)C1. The summed E-state index contributed by atoms with van der Waals surface area (Å²) >= 11 is 0. The molecule has 27 heavy (non-hydrogen) atoms. The van der Waals surface area contributed by atoms with E-state index in [1.807, 2.05) is 32.7 Å². The molecule has 2 saturated heterocycles. The number of carbonyl (C=O) groups excluding carboxylic acids is 1. The molecule has 2 rings (SSSR count). The molecule has 2 atom stereocenters. The normalized spacial score (nSPS) is 24.8. The van der Waals surface area contributed by atoms with E-state index in [4.69, 9.17) is 4.74 Å². The van der Waals surface area contributed by atoms with Crippen molar-refractivity contribution < 1.29 is 9.53 Å². The molecule has 0 aromatic heterocycles. The van der Waals surface area contributed by atoms with Crippen LogP contribution >= 0.6 is 0 Å². The second kappa shape index (κ2) is 10.2. The predicted molar refractivity (Wildman–Crippen MR) is 110 cm³/mol. The van der Waals surface area contributed by atoms with E-state index in [1.165, 1.54) is 19.4 Å². The number of guanidine groups is 1. The molecule has 0 aliphatic carbocycles. The third kappa shape index (κ3) is 7.20. The van der Waals surface area contributed by atoms with E-state index in [9.17, 15) is 4.79 Å². The lowest BCUT2D eigenvalue weighted by Gasteiger charge is -2.34. The van der Waals surface area contributed by atoms with Gasteiger partial charge in [0.2, 0.25) is 0 Å². The number of nitrogens with zero attached hydrogens (tertiary/aromatic N) is 3. The Morgan fingerprint density at radius 1 is 1.15 bits per heavy atom. The molecule has 2 unspecified atom stereocenters. The Bertz CT molecular complexity index is 503. The summed E-state index contributed by atoms with van der Waals surface area (Å²) in [6.45, 7) is 13.6. The maximum atomic E-state index is 12.3. The van der Waals surface area contributed by atoms with Gasteiger partial charge in [-0.2, -0.15) is 0 Å². The number of nitrogens with one attached hydrogen (secondary N) is 2. The zero-order chi connectivity index (χ0) is 19.9. The first-order chi connectivity index (χ1) is 12.8. The van der Waals surface area contributed by atoms with Gasteiger partial charge in [0, 0.05) is 39.3 Å². The number of hydrogen-bond donors (Lipinski definition) is 2. The van der Waals surface area contributed by atoms with Crippen LogP contribution in [-0.2, 0) is 4.74 Å². The second-order valence-electron chi connectivity index (χ2n) is 8.69. The Labute approximate surface area is 164 Å². The van der Waals surface area contributed by atoms with E-state index < -0.39 is 5.60 Å². The van der Waals surface area contributed by atoms with Crippen molar-refractivity contribution in [3.8, 4) is 0 Å². The molecule has 2 fully saturated rings. The minimum Gasteiger partial charge on any atom is -0.444 e. The van der Waals surface area contributed by atoms with Gasteiger partial charge in [-0.1, -0.05) is 6.92 Å². The van der Waals surface area contributed by atoms with E-state index in [0.717, 1.165) is 51.5 Å². The Morgan fingerprint density at radius 2 is 1.85 bits per heavy atom. The van der Waals surface area contributed by atoms with Crippen LogP contribution in [-0.4, -0.2) is 79.8 Å². The Balaban J connectivity index is 1.74. The van der Waals surface area contributed by atoms with Crippen LogP contribution in [0, 0.1) is 5.92 Å². The average molecular weight is 382 g/mol. The number of amides is 1. The van der Waals surface area contributed by atoms with Crippen LogP contribution in [0.5, 0.6) is 0 Å². The minimum absolute atomic E-state index is 0.199. The summed E-state index contributed by atoms with van der Waals surface area (Å²) < 4.78 is 5.51. The molecule has 0 bridgehead atoms. The summed E-state index contributed by atoms with van der Waals surface area (Å²) in [4.78, 5) is 21.0. The van der Waals surface area contributed by atoms with Gasteiger partial charge >= 0.3 is 6.09 Å². The molecule has 7 heteroatoms. The smallest absolute Gasteiger partial charge is 0.410 e. The fourth-order valence-electron chi connectivity index (χ4n) is 3.94. The van der Waals surface area contributed by atoms with Crippen molar-refractivity contribution in [3.05, 3.63) is 0 Å². The molecule has 2 heterocycles. The fraction of sp³-hybridized carbons (Fsp3) is 0.900.